The second-order valence-corrected chi connectivity index (χ2v) is 8.94. The Morgan fingerprint density at radius 1 is 1.19 bits per heavy atom. The number of amides is 1. The Morgan fingerprint density at radius 3 is 2.65 bits per heavy atom. The molecule has 0 N–H and O–H groups in total. The smallest absolute Gasteiger partial charge is 0.295 e. The van der Waals surface area contributed by atoms with E-state index in [4.69, 9.17) is 4.42 Å². The van der Waals surface area contributed by atoms with Gasteiger partial charge in [-0.2, -0.15) is 4.31 Å². The third-order valence-corrected chi connectivity index (χ3v) is 7.21. The molecule has 2 aromatic heterocycles. The van der Waals surface area contributed by atoms with Crippen LogP contribution in [-0.4, -0.2) is 43.8 Å². The van der Waals surface area contributed by atoms with E-state index in [1.165, 1.54) is 32.7 Å². The molecule has 0 radical (unpaired) electrons. The minimum absolute atomic E-state index is 0.0236. The summed E-state index contributed by atoms with van der Waals surface area (Å²) in [7, 11) is -2.08. The lowest BCUT2D eigenvalue weighted by Gasteiger charge is -2.13. The van der Waals surface area contributed by atoms with Crippen LogP contribution in [0, 0.1) is 0 Å². The van der Waals surface area contributed by atoms with E-state index in [0.29, 0.717) is 18.2 Å². The zero-order valence-electron chi connectivity index (χ0n) is 14.1. The predicted octanol–water partition coefficient (Wildman–Crippen LogP) is 2.95. The average Bonchev–Trinajstić information content (AvgIpc) is 3.40. The zero-order chi connectivity index (χ0) is 18.3. The quantitative estimate of drug-likeness (QED) is 0.683. The fraction of sp³-hybridized carbons (Fsp3) is 0.294. The van der Waals surface area contributed by atoms with Gasteiger partial charge in [0.25, 0.3) is 15.9 Å². The van der Waals surface area contributed by atoms with Crippen molar-refractivity contribution in [1.29, 1.82) is 0 Å². The number of carbonyl (C=O) groups is 1. The molecule has 136 valence electrons. The molecular formula is C17H17N3O4S2. The standard InChI is InChI=1S/C17H17N3O4S2/c1-19(17-18-12-6-2-3-7-14(12)25-17)16(21)13-8-9-15(24-13)26(22,23)20-10-4-5-11-20/h2-3,6-9H,4-5,10-11H2,1H3. The first-order valence-electron chi connectivity index (χ1n) is 8.20. The van der Waals surface area contributed by atoms with E-state index in [2.05, 4.69) is 4.98 Å². The number of carbonyl (C=O) groups excluding carboxylic acids is 1. The summed E-state index contributed by atoms with van der Waals surface area (Å²) >= 11 is 1.39. The first kappa shape index (κ1) is 17.2. The van der Waals surface area contributed by atoms with Gasteiger partial charge < -0.3 is 4.42 Å². The Kier molecular flexibility index (Phi) is 4.29. The van der Waals surface area contributed by atoms with E-state index in [1.54, 1.807) is 7.05 Å². The van der Waals surface area contributed by atoms with Crippen molar-refractivity contribution in [3.63, 3.8) is 0 Å². The molecule has 9 heteroatoms. The van der Waals surface area contributed by atoms with Gasteiger partial charge in [-0.15, -0.1) is 0 Å². The first-order valence-corrected chi connectivity index (χ1v) is 10.5. The molecule has 1 amide bonds. The molecule has 3 aromatic rings. The van der Waals surface area contributed by atoms with Crippen molar-refractivity contribution >= 4 is 42.6 Å². The van der Waals surface area contributed by atoms with Gasteiger partial charge in [-0.05, 0) is 37.1 Å². The van der Waals surface area contributed by atoms with Crippen LogP contribution in [0.2, 0.25) is 0 Å². The van der Waals surface area contributed by atoms with Crippen LogP contribution in [0.25, 0.3) is 10.2 Å². The number of aromatic nitrogens is 1. The third kappa shape index (κ3) is 2.91. The van der Waals surface area contributed by atoms with Crippen LogP contribution in [0.5, 0.6) is 0 Å². The fourth-order valence-electron chi connectivity index (χ4n) is 2.89. The molecule has 0 unspecified atom stereocenters. The Labute approximate surface area is 154 Å². The lowest BCUT2D eigenvalue weighted by atomic mass is 10.3. The third-order valence-electron chi connectivity index (χ3n) is 4.33. The van der Waals surface area contributed by atoms with Gasteiger partial charge in [0.1, 0.15) is 0 Å². The van der Waals surface area contributed by atoms with Gasteiger partial charge >= 0.3 is 0 Å². The maximum Gasteiger partial charge on any atom is 0.295 e. The summed E-state index contributed by atoms with van der Waals surface area (Å²) in [5, 5.41) is 0.331. The van der Waals surface area contributed by atoms with Gasteiger partial charge in [-0.1, -0.05) is 23.5 Å². The number of benzene rings is 1. The number of hydrogen-bond acceptors (Lipinski definition) is 6. The SMILES string of the molecule is CN(C(=O)c1ccc(S(=O)(=O)N2CCCC2)o1)c1nc2ccccc2s1. The molecule has 0 bridgehead atoms. The topological polar surface area (TPSA) is 83.7 Å². The molecule has 1 aromatic carbocycles. The van der Waals surface area contributed by atoms with E-state index in [1.807, 2.05) is 24.3 Å². The molecule has 4 rings (SSSR count). The van der Waals surface area contributed by atoms with Crippen molar-refractivity contribution in [1.82, 2.24) is 9.29 Å². The van der Waals surface area contributed by atoms with Crippen molar-refractivity contribution in [2.45, 2.75) is 17.9 Å². The van der Waals surface area contributed by atoms with Gasteiger partial charge in [-0.25, -0.2) is 13.4 Å². The van der Waals surface area contributed by atoms with Crippen LogP contribution in [0.4, 0.5) is 5.13 Å². The van der Waals surface area contributed by atoms with Crippen molar-refractivity contribution in [3.8, 4) is 0 Å². The normalized spacial score (nSPS) is 15.6. The van der Waals surface area contributed by atoms with E-state index < -0.39 is 15.9 Å². The van der Waals surface area contributed by atoms with Crippen LogP contribution in [-0.2, 0) is 10.0 Å². The van der Waals surface area contributed by atoms with E-state index in [9.17, 15) is 13.2 Å². The van der Waals surface area contributed by atoms with Gasteiger partial charge in [0.2, 0.25) is 5.09 Å². The van der Waals surface area contributed by atoms with Gasteiger partial charge in [0.05, 0.1) is 10.2 Å². The number of sulfonamides is 1. The van der Waals surface area contributed by atoms with Crippen LogP contribution in [0.3, 0.4) is 0 Å². The lowest BCUT2D eigenvalue weighted by Crippen LogP contribution is -2.28. The molecule has 1 aliphatic heterocycles. The molecule has 1 fully saturated rings. The van der Waals surface area contributed by atoms with Gasteiger partial charge in [0, 0.05) is 20.1 Å². The van der Waals surface area contributed by atoms with Crippen molar-refractivity contribution in [3.05, 3.63) is 42.2 Å². The number of para-hydroxylation sites is 1. The first-order chi connectivity index (χ1) is 12.5. The fourth-order valence-corrected chi connectivity index (χ4v) is 5.24. The summed E-state index contributed by atoms with van der Waals surface area (Å²) in [6.45, 7) is 0.968. The second-order valence-electron chi connectivity index (χ2n) is 6.06. The molecule has 3 heterocycles. The summed E-state index contributed by atoms with van der Waals surface area (Å²) in [6, 6.07) is 10.3. The molecule has 7 nitrogen and oxygen atoms in total. The van der Waals surface area contributed by atoms with Crippen LogP contribution in [0.15, 0.2) is 45.9 Å². The number of furan rings is 1. The minimum atomic E-state index is -3.68. The highest BCUT2D eigenvalue weighted by atomic mass is 32.2. The summed E-state index contributed by atoms with van der Waals surface area (Å²) in [5.74, 6) is -0.462. The monoisotopic (exact) mass is 391 g/mol. The van der Waals surface area contributed by atoms with E-state index in [0.717, 1.165) is 23.1 Å². The molecule has 0 aliphatic carbocycles. The van der Waals surface area contributed by atoms with Crippen LogP contribution >= 0.6 is 11.3 Å². The van der Waals surface area contributed by atoms with Gasteiger partial charge in [-0.3, -0.25) is 9.69 Å². The average molecular weight is 391 g/mol. The molecule has 0 saturated carbocycles. The van der Waals surface area contributed by atoms with E-state index >= 15 is 0 Å². The molecule has 26 heavy (non-hydrogen) atoms. The van der Waals surface area contributed by atoms with Crippen molar-refractivity contribution in [2.75, 3.05) is 25.0 Å². The van der Waals surface area contributed by atoms with Crippen molar-refractivity contribution in [2.24, 2.45) is 0 Å². The highest BCUT2D eigenvalue weighted by Crippen LogP contribution is 2.29. The summed E-state index contributed by atoms with van der Waals surface area (Å²) in [4.78, 5) is 18.5. The Morgan fingerprint density at radius 2 is 1.92 bits per heavy atom. The van der Waals surface area contributed by atoms with Crippen molar-refractivity contribution < 1.29 is 17.6 Å². The highest BCUT2D eigenvalue weighted by molar-refractivity contribution is 7.89. The number of hydrogen-bond donors (Lipinski definition) is 0. The van der Waals surface area contributed by atoms with Crippen LogP contribution < -0.4 is 4.90 Å². The summed E-state index contributed by atoms with van der Waals surface area (Å²) in [6.07, 6.45) is 1.68. The Balaban J connectivity index is 1.59. The second kappa shape index (κ2) is 6.49. The molecule has 1 aliphatic rings. The summed E-state index contributed by atoms with van der Waals surface area (Å²) in [5.41, 5.74) is 0.809. The molecular weight excluding hydrogens is 374 g/mol. The molecule has 0 atom stereocenters. The van der Waals surface area contributed by atoms with Gasteiger partial charge in [0.15, 0.2) is 10.9 Å². The number of fused-ring (bicyclic) bond motifs is 1. The molecule has 0 spiro atoms. The summed E-state index contributed by atoms with van der Waals surface area (Å²) < 4.78 is 32.8. The molecule has 1 saturated heterocycles. The number of nitrogens with zero attached hydrogens (tertiary/aromatic N) is 3. The Hall–Kier alpha value is -2.23. The zero-order valence-corrected chi connectivity index (χ0v) is 15.7. The largest absolute Gasteiger partial charge is 0.438 e. The number of rotatable bonds is 4. The highest BCUT2D eigenvalue weighted by Gasteiger charge is 2.31. The maximum absolute atomic E-state index is 12.7. The maximum atomic E-state index is 12.7. The number of anilines is 1. The minimum Gasteiger partial charge on any atom is -0.438 e. The van der Waals surface area contributed by atoms with Crippen LogP contribution in [0.1, 0.15) is 23.4 Å². The lowest BCUT2D eigenvalue weighted by molar-refractivity contribution is 0.0961. The Bertz CT molecular complexity index is 1030. The van der Waals surface area contributed by atoms with E-state index in [-0.39, 0.29) is 10.9 Å². The number of thiazole rings is 1. The predicted molar refractivity (Wildman–Crippen MR) is 99.1 cm³/mol.